The Labute approximate surface area is 155 Å². The summed E-state index contributed by atoms with van der Waals surface area (Å²) in [7, 11) is 0. The van der Waals surface area contributed by atoms with E-state index in [1.54, 1.807) is 33.9 Å². The third-order valence-corrected chi connectivity index (χ3v) is 5.18. The maximum absolute atomic E-state index is 12.4. The summed E-state index contributed by atoms with van der Waals surface area (Å²) in [5, 5.41) is 8.63. The van der Waals surface area contributed by atoms with Gasteiger partial charge in [-0.15, -0.1) is 0 Å². The minimum atomic E-state index is -1.10. The Kier molecular flexibility index (Phi) is 4.57. The highest BCUT2D eigenvalue weighted by molar-refractivity contribution is 5.78. The number of amides is 1. The standard InChI is InChI=1S/C19H20N2O6/c22-16-4-3-14(15-2-1-5-27-15)19-13-6-12(8-21(16)19)7-20(9-13)17(23)10-26-11-18(24)25/h1-5,12-13H,6-11H2,(H,24,25)/t12-,13-/m0/s1. The van der Waals surface area contributed by atoms with Crippen LogP contribution in [-0.4, -0.2) is 52.8 Å². The van der Waals surface area contributed by atoms with Crippen molar-refractivity contribution in [1.82, 2.24) is 9.47 Å². The van der Waals surface area contributed by atoms with E-state index in [0.717, 1.165) is 17.7 Å². The first kappa shape index (κ1) is 17.5. The summed E-state index contributed by atoms with van der Waals surface area (Å²) in [6.07, 6.45) is 2.50. The molecule has 0 unspecified atom stereocenters. The highest BCUT2D eigenvalue weighted by Gasteiger charge is 2.38. The van der Waals surface area contributed by atoms with Crippen molar-refractivity contribution in [3.05, 3.63) is 46.6 Å². The number of pyridine rings is 1. The van der Waals surface area contributed by atoms with E-state index in [1.807, 2.05) is 6.07 Å². The van der Waals surface area contributed by atoms with Crippen LogP contribution in [0, 0.1) is 5.92 Å². The van der Waals surface area contributed by atoms with Crippen molar-refractivity contribution in [1.29, 1.82) is 0 Å². The van der Waals surface area contributed by atoms with Crippen LogP contribution in [0.25, 0.3) is 11.3 Å². The van der Waals surface area contributed by atoms with Crippen LogP contribution in [0.4, 0.5) is 0 Å². The van der Waals surface area contributed by atoms with Crippen molar-refractivity contribution < 1.29 is 23.8 Å². The first-order valence-electron chi connectivity index (χ1n) is 8.88. The van der Waals surface area contributed by atoms with Gasteiger partial charge in [0.15, 0.2) is 0 Å². The number of ether oxygens (including phenoxy) is 1. The smallest absolute Gasteiger partial charge is 0.329 e. The second-order valence-corrected chi connectivity index (χ2v) is 7.04. The third kappa shape index (κ3) is 3.40. The van der Waals surface area contributed by atoms with Gasteiger partial charge in [-0.1, -0.05) is 0 Å². The number of carbonyl (C=O) groups is 2. The number of hydrogen-bond acceptors (Lipinski definition) is 5. The van der Waals surface area contributed by atoms with Crippen molar-refractivity contribution >= 4 is 11.9 Å². The molecule has 1 fully saturated rings. The van der Waals surface area contributed by atoms with Gasteiger partial charge in [0, 0.05) is 42.9 Å². The molecule has 1 saturated heterocycles. The van der Waals surface area contributed by atoms with Crippen molar-refractivity contribution in [3.8, 4) is 11.3 Å². The predicted molar refractivity (Wildman–Crippen MR) is 94.3 cm³/mol. The zero-order chi connectivity index (χ0) is 19.0. The van der Waals surface area contributed by atoms with Gasteiger partial charge in [0.1, 0.15) is 19.0 Å². The van der Waals surface area contributed by atoms with Gasteiger partial charge in [0.2, 0.25) is 5.91 Å². The minimum Gasteiger partial charge on any atom is -0.480 e. The molecular weight excluding hydrogens is 352 g/mol. The van der Waals surface area contributed by atoms with E-state index >= 15 is 0 Å². The van der Waals surface area contributed by atoms with Gasteiger partial charge in [-0.05, 0) is 30.5 Å². The van der Waals surface area contributed by atoms with E-state index in [9.17, 15) is 14.4 Å². The van der Waals surface area contributed by atoms with E-state index in [4.69, 9.17) is 14.3 Å². The molecule has 1 N–H and O–H groups in total. The molecule has 0 spiro atoms. The topological polar surface area (TPSA) is 102 Å². The molecular formula is C19H20N2O6. The second-order valence-electron chi connectivity index (χ2n) is 7.04. The van der Waals surface area contributed by atoms with Gasteiger partial charge < -0.3 is 23.7 Å². The summed E-state index contributed by atoms with van der Waals surface area (Å²) in [4.78, 5) is 37.1. The fourth-order valence-corrected chi connectivity index (χ4v) is 4.18. The minimum absolute atomic E-state index is 0.0231. The van der Waals surface area contributed by atoms with Crippen molar-refractivity contribution in [2.45, 2.75) is 18.9 Å². The highest BCUT2D eigenvalue weighted by Crippen LogP contribution is 2.39. The molecule has 1 amide bonds. The molecule has 0 aliphatic carbocycles. The van der Waals surface area contributed by atoms with E-state index < -0.39 is 12.6 Å². The fourth-order valence-electron chi connectivity index (χ4n) is 4.18. The van der Waals surface area contributed by atoms with Gasteiger partial charge in [-0.2, -0.15) is 0 Å². The summed E-state index contributed by atoms with van der Waals surface area (Å²) in [6, 6.07) is 7.01. The van der Waals surface area contributed by atoms with Crippen LogP contribution in [-0.2, 0) is 20.9 Å². The lowest BCUT2D eigenvalue weighted by Gasteiger charge is -2.43. The maximum atomic E-state index is 12.4. The average molecular weight is 372 g/mol. The van der Waals surface area contributed by atoms with Crippen LogP contribution in [0.1, 0.15) is 18.0 Å². The Morgan fingerprint density at radius 1 is 1.19 bits per heavy atom. The lowest BCUT2D eigenvalue weighted by atomic mass is 9.81. The number of fused-ring (bicyclic) bond motifs is 4. The molecule has 2 aliphatic rings. The molecule has 2 aromatic heterocycles. The molecule has 142 valence electrons. The number of carboxylic acid groups (broad SMARTS) is 1. The summed E-state index contributed by atoms with van der Waals surface area (Å²) in [5.74, 6) is -0.420. The number of aromatic nitrogens is 1. The Balaban J connectivity index is 1.60. The molecule has 27 heavy (non-hydrogen) atoms. The number of nitrogens with zero attached hydrogens (tertiary/aromatic N) is 2. The largest absolute Gasteiger partial charge is 0.480 e. The molecule has 4 heterocycles. The van der Waals surface area contributed by atoms with Crippen molar-refractivity contribution in [3.63, 3.8) is 0 Å². The molecule has 8 nitrogen and oxygen atoms in total. The van der Waals surface area contributed by atoms with Gasteiger partial charge >= 0.3 is 5.97 Å². The monoisotopic (exact) mass is 372 g/mol. The van der Waals surface area contributed by atoms with Crippen molar-refractivity contribution in [2.75, 3.05) is 26.3 Å². The van der Waals surface area contributed by atoms with Crippen LogP contribution in [0.3, 0.4) is 0 Å². The number of carboxylic acids is 1. The summed E-state index contributed by atoms with van der Waals surface area (Å²) in [6.45, 7) is 0.830. The Morgan fingerprint density at radius 3 is 2.78 bits per heavy atom. The molecule has 0 radical (unpaired) electrons. The van der Waals surface area contributed by atoms with Gasteiger partial charge in [-0.3, -0.25) is 9.59 Å². The molecule has 2 aliphatic heterocycles. The number of piperidine rings is 1. The fraction of sp³-hybridized carbons (Fsp3) is 0.421. The Hall–Kier alpha value is -2.87. The van der Waals surface area contributed by atoms with Crippen LogP contribution >= 0.6 is 0 Å². The zero-order valence-electron chi connectivity index (χ0n) is 14.7. The SMILES string of the molecule is O=C(O)COCC(=O)N1C[C@@H]2C[C@@H](C1)c1c(-c3ccco3)ccc(=O)n1C2. The highest BCUT2D eigenvalue weighted by atomic mass is 16.5. The predicted octanol–water partition coefficient (Wildman–Crippen LogP) is 1.16. The van der Waals surface area contributed by atoms with Crippen LogP contribution in [0.15, 0.2) is 39.7 Å². The molecule has 8 heteroatoms. The number of aliphatic carboxylic acids is 1. The van der Waals surface area contributed by atoms with E-state index in [1.165, 1.54) is 0 Å². The second kappa shape index (κ2) is 7.03. The first-order valence-corrected chi connectivity index (χ1v) is 8.88. The Bertz CT molecular complexity index is 917. The first-order chi connectivity index (χ1) is 13.0. The lowest BCUT2D eigenvalue weighted by molar-refractivity contribution is -0.146. The summed E-state index contributed by atoms with van der Waals surface area (Å²) >= 11 is 0. The van der Waals surface area contributed by atoms with Crippen LogP contribution < -0.4 is 5.56 Å². The normalized spacial score (nSPS) is 21.0. The molecule has 0 aromatic carbocycles. The van der Waals surface area contributed by atoms with E-state index in [-0.39, 0.29) is 29.9 Å². The number of carbonyl (C=O) groups excluding carboxylic acids is 1. The summed E-state index contributed by atoms with van der Waals surface area (Å²) in [5.41, 5.74) is 1.73. The molecule has 0 saturated carbocycles. The molecule has 2 atom stereocenters. The van der Waals surface area contributed by atoms with Gasteiger partial charge in [0.25, 0.3) is 5.56 Å². The molecule has 4 rings (SSSR count). The molecule has 2 aromatic rings. The van der Waals surface area contributed by atoms with Crippen molar-refractivity contribution in [2.24, 2.45) is 5.92 Å². The van der Waals surface area contributed by atoms with E-state index in [0.29, 0.717) is 25.4 Å². The third-order valence-electron chi connectivity index (χ3n) is 5.18. The van der Waals surface area contributed by atoms with E-state index in [2.05, 4.69) is 0 Å². The lowest BCUT2D eigenvalue weighted by Crippen LogP contribution is -2.50. The van der Waals surface area contributed by atoms with Crippen LogP contribution in [0.2, 0.25) is 0 Å². The maximum Gasteiger partial charge on any atom is 0.329 e. The zero-order valence-corrected chi connectivity index (χ0v) is 14.7. The summed E-state index contributed by atoms with van der Waals surface area (Å²) < 4.78 is 12.3. The number of rotatable bonds is 5. The Morgan fingerprint density at radius 2 is 2.04 bits per heavy atom. The number of likely N-dealkylation sites (tertiary alicyclic amines) is 1. The van der Waals surface area contributed by atoms with Gasteiger partial charge in [0.05, 0.1) is 6.26 Å². The number of hydrogen-bond donors (Lipinski definition) is 1. The average Bonchev–Trinajstić information content (AvgIpc) is 3.16. The quantitative estimate of drug-likeness (QED) is 0.845. The van der Waals surface area contributed by atoms with Crippen LogP contribution in [0.5, 0.6) is 0 Å². The van der Waals surface area contributed by atoms with Gasteiger partial charge in [-0.25, -0.2) is 4.79 Å². The molecule has 2 bridgehead atoms. The number of furan rings is 1.